The van der Waals surface area contributed by atoms with Crippen molar-refractivity contribution in [1.82, 2.24) is 5.32 Å². The van der Waals surface area contributed by atoms with Crippen LogP contribution < -0.4 is 5.32 Å². The number of hydrogen-bond acceptors (Lipinski definition) is 2. The summed E-state index contributed by atoms with van der Waals surface area (Å²) in [6.07, 6.45) is 6.09. The van der Waals surface area contributed by atoms with Crippen LogP contribution in [0.3, 0.4) is 0 Å². The molecule has 1 amide bonds. The van der Waals surface area contributed by atoms with Crippen molar-refractivity contribution in [2.45, 2.75) is 55.2 Å². The van der Waals surface area contributed by atoms with Gasteiger partial charge in [0.25, 0.3) is 0 Å². The Bertz CT molecular complexity index is 415. The van der Waals surface area contributed by atoms with E-state index in [4.69, 9.17) is 0 Å². The Kier molecular flexibility index (Phi) is 5.76. The van der Waals surface area contributed by atoms with E-state index in [2.05, 4.69) is 21.2 Å². The van der Waals surface area contributed by atoms with Crippen LogP contribution in [0.5, 0.6) is 0 Å². The van der Waals surface area contributed by atoms with Crippen molar-refractivity contribution in [1.29, 1.82) is 0 Å². The average Bonchev–Trinajstić information content (AvgIpc) is 2.42. The lowest BCUT2D eigenvalue weighted by Gasteiger charge is -2.24. The van der Waals surface area contributed by atoms with Gasteiger partial charge < -0.3 is 5.32 Å². The van der Waals surface area contributed by atoms with Crippen molar-refractivity contribution in [3.05, 3.63) is 28.7 Å². The Morgan fingerprint density at radius 2 is 1.89 bits per heavy atom. The highest BCUT2D eigenvalue weighted by molar-refractivity contribution is 9.10. The van der Waals surface area contributed by atoms with Gasteiger partial charge in [0.2, 0.25) is 5.91 Å². The molecule has 1 aromatic carbocycles. The maximum absolute atomic E-state index is 12.1. The van der Waals surface area contributed by atoms with Gasteiger partial charge in [0, 0.05) is 15.4 Å². The molecule has 1 fully saturated rings. The van der Waals surface area contributed by atoms with Gasteiger partial charge in [-0.25, -0.2) is 0 Å². The normalized spacial score (nSPS) is 18.0. The highest BCUT2D eigenvalue weighted by Crippen LogP contribution is 2.25. The van der Waals surface area contributed by atoms with E-state index in [-0.39, 0.29) is 11.2 Å². The minimum atomic E-state index is -0.0388. The Morgan fingerprint density at radius 1 is 1.26 bits per heavy atom. The van der Waals surface area contributed by atoms with E-state index >= 15 is 0 Å². The number of nitrogens with one attached hydrogen (secondary N) is 1. The van der Waals surface area contributed by atoms with Crippen molar-refractivity contribution in [2.24, 2.45) is 0 Å². The largest absolute Gasteiger partial charge is 0.352 e. The molecule has 0 bridgehead atoms. The van der Waals surface area contributed by atoms with E-state index in [9.17, 15) is 4.79 Å². The van der Waals surface area contributed by atoms with Crippen LogP contribution in [0.1, 0.15) is 39.0 Å². The quantitative estimate of drug-likeness (QED) is 0.823. The molecule has 2 rings (SSSR count). The van der Waals surface area contributed by atoms with Crippen LogP contribution >= 0.6 is 27.7 Å². The maximum atomic E-state index is 12.1. The van der Waals surface area contributed by atoms with Gasteiger partial charge in [-0.3, -0.25) is 4.79 Å². The molecule has 1 saturated carbocycles. The minimum Gasteiger partial charge on any atom is -0.352 e. The summed E-state index contributed by atoms with van der Waals surface area (Å²) in [5.41, 5.74) is 0. The summed E-state index contributed by atoms with van der Waals surface area (Å²) in [4.78, 5) is 13.3. The molecule has 0 spiro atoms. The van der Waals surface area contributed by atoms with Crippen molar-refractivity contribution < 1.29 is 4.79 Å². The zero-order chi connectivity index (χ0) is 13.7. The summed E-state index contributed by atoms with van der Waals surface area (Å²) in [5.74, 6) is 0.166. The summed E-state index contributed by atoms with van der Waals surface area (Å²) in [6, 6.07) is 8.50. The van der Waals surface area contributed by atoms with Crippen molar-refractivity contribution in [3.63, 3.8) is 0 Å². The van der Waals surface area contributed by atoms with Gasteiger partial charge in [0.05, 0.1) is 5.25 Å². The summed E-state index contributed by atoms with van der Waals surface area (Å²) in [7, 11) is 0. The van der Waals surface area contributed by atoms with Gasteiger partial charge in [-0.15, -0.1) is 11.8 Å². The van der Waals surface area contributed by atoms with Crippen LogP contribution in [0.25, 0.3) is 0 Å². The molecule has 0 saturated heterocycles. The first-order chi connectivity index (χ1) is 9.15. The Morgan fingerprint density at radius 3 is 2.53 bits per heavy atom. The predicted octanol–water partition coefficient (Wildman–Crippen LogP) is 4.38. The van der Waals surface area contributed by atoms with Gasteiger partial charge >= 0.3 is 0 Å². The molecule has 1 unspecified atom stereocenters. The van der Waals surface area contributed by atoms with E-state index in [1.807, 2.05) is 31.2 Å². The molecular weight excluding hydrogens is 322 g/mol. The third-order valence-corrected chi connectivity index (χ3v) is 5.09. The van der Waals surface area contributed by atoms with Crippen LogP contribution in [0.2, 0.25) is 0 Å². The molecule has 0 heterocycles. The molecule has 1 atom stereocenters. The Labute approximate surface area is 127 Å². The zero-order valence-electron chi connectivity index (χ0n) is 11.2. The van der Waals surface area contributed by atoms with Crippen LogP contribution in [0.4, 0.5) is 0 Å². The second-order valence-electron chi connectivity index (χ2n) is 5.06. The lowest BCUT2D eigenvalue weighted by molar-refractivity contribution is -0.121. The van der Waals surface area contributed by atoms with Crippen LogP contribution in [-0.4, -0.2) is 17.2 Å². The Hall–Kier alpha value is -0.480. The average molecular weight is 342 g/mol. The van der Waals surface area contributed by atoms with Crippen molar-refractivity contribution in [3.8, 4) is 0 Å². The lowest BCUT2D eigenvalue weighted by Crippen LogP contribution is -2.40. The van der Waals surface area contributed by atoms with Gasteiger partial charge in [0.1, 0.15) is 0 Å². The molecule has 4 heteroatoms. The molecule has 0 aromatic heterocycles. The molecule has 1 N–H and O–H groups in total. The van der Waals surface area contributed by atoms with Gasteiger partial charge in [-0.1, -0.05) is 35.2 Å². The number of halogens is 1. The van der Waals surface area contributed by atoms with E-state index in [0.29, 0.717) is 6.04 Å². The highest BCUT2D eigenvalue weighted by Gasteiger charge is 2.20. The second kappa shape index (κ2) is 7.34. The molecule has 19 heavy (non-hydrogen) atoms. The van der Waals surface area contributed by atoms with Crippen molar-refractivity contribution >= 4 is 33.6 Å². The first-order valence-electron chi connectivity index (χ1n) is 6.88. The minimum absolute atomic E-state index is 0.0388. The number of rotatable bonds is 4. The monoisotopic (exact) mass is 341 g/mol. The number of carbonyl (C=O) groups is 1. The molecule has 1 aliphatic rings. The first kappa shape index (κ1) is 14.9. The standard InChI is InChI=1S/C15H20BrNOS/c1-11(19-14-9-7-12(16)8-10-14)15(18)17-13-5-3-2-4-6-13/h7-11,13H,2-6H2,1H3,(H,17,18). The fourth-order valence-corrected chi connectivity index (χ4v) is 3.48. The van der Waals surface area contributed by atoms with Crippen LogP contribution in [0.15, 0.2) is 33.6 Å². The Balaban J connectivity index is 1.83. The number of hydrogen-bond donors (Lipinski definition) is 1. The number of thioether (sulfide) groups is 1. The van der Waals surface area contributed by atoms with Gasteiger partial charge in [0.15, 0.2) is 0 Å². The zero-order valence-corrected chi connectivity index (χ0v) is 13.6. The SMILES string of the molecule is CC(Sc1ccc(Br)cc1)C(=O)NC1CCCCC1. The van der Waals surface area contributed by atoms with Crippen molar-refractivity contribution in [2.75, 3.05) is 0 Å². The molecule has 0 radical (unpaired) electrons. The first-order valence-corrected chi connectivity index (χ1v) is 8.55. The molecule has 1 aromatic rings. The third-order valence-electron chi connectivity index (χ3n) is 3.45. The summed E-state index contributed by atoms with van der Waals surface area (Å²) >= 11 is 5.03. The van der Waals surface area contributed by atoms with Crippen LogP contribution in [-0.2, 0) is 4.79 Å². The molecule has 104 valence electrons. The maximum Gasteiger partial charge on any atom is 0.233 e. The predicted molar refractivity (Wildman–Crippen MR) is 84.5 cm³/mol. The smallest absolute Gasteiger partial charge is 0.233 e. The number of amides is 1. The summed E-state index contributed by atoms with van der Waals surface area (Å²) < 4.78 is 1.07. The fourth-order valence-electron chi connectivity index (χ4n) is 2.34. The summed E-state index contributed by atoms with van der Waals surface area (Å²) in [5, 5.41) is 3.14. The molecule has 1 aliphatic carbocycles. The molecule has 2 nitrogen and oxygen atoms in total. The third kappa shape index (κ3) is 4.84. The number of benzene rings is 1. The summed E-state index contributed by atoms with van der Waals surface area (Å²) in [6.45, 7) is 1.98. The highest BCUT2D eigenvalue weighted by atomic mass is 79.9. The van der Waals surface area contributed by atoms with Gasteiger partial charge in [-0.2, -0.15) is 0 Å². The van der Waals surface area contributed by atoms with E-state index in [1.54, 1.807) is 11.8 Å². The molecule has 0 aliphatic heterocycles. The second-order valence-corrected chi connectivity index (χ2v) is 7.39. The molecular formula is C15H20BrNOS. The van der Waals surface area contributed by atoms with E-state index in [0.717, 1.165) is 22.2 Å². The fraction of sp³-hybridized carbons (Fsp3) is 0.533. The number of carbonyl (C=O) groups excluding carboxylic acids is 1. The van der Waals surface area contributed by atoms with E-state index < -0.39 is 0 Å². The van der Waals surface area contributed by atoms with Gasteiger partial charge in [-0.05, 0) is 44.0 Å². The van der Waals surface area contributed by atoms with E-state index in [1.165, 1.54) is 19.3 Å². The van der Waals surface area contributed by atoms with Crippen LogP contribution in [0, 0.1) is 0 Å². The lowest BCUT2D eigenvalue weighted by atomic mass is 9.95. The topological polar surface area (TPSA) is 29.1 Å².